The van der Waals surface area contributed by atoms with E-state index in [0.717, 1.165) is 10.6 Å². The molecule has 1 atom stereocenters. The minimum atomic E-state index is -0.536. The summed E-state index contributed by atoms with van der Waals surface area (Å²) in [5.74, 6) is -0.367. The molecule has 0 aliphatic carbocycles. The number of anilines is 1. The molecule has 0 bridgehead atoms. The zero-order valence-corrected chi connectivity index (χ0v) is 18.3. The van der Waals surface area contributed by atoms with E-state index in [0.29, 0.717) is 32.7 Å². The third-order valence-electron chi connectivity index (χ3n) is 5.10. The standard InChI is InChI=1S/C21H29N3O4S/c1-21(2,3)28-20(27)23-11-9-22(10-12-23)19(26)15-13-18(25)24(14-15)16-5-7-17(29-4)8-6-16/h5-8,15H,9-14H2,1-4H3. The van der Waals surface area contributed by atoms with Gasteiger partial charge in [-0.3, -0.25) is 9.59 Å². The average Bonchev–Trinajstić information content (AvgIpc) is 3.08. The molecule has 0 N–H and O–H groups in total. The Balaban J connectivity index is 1.55. The number of hydrogen-bond donors (Lipinski definition) is 0. The lowest BCUT2D eigenvalue weighted by molar-refractivity contribution is -0.137. The van der Waals surface area contributed by atoms with Crippen LogP contribution in [0.15, 0.2) is 29.2 Å². The summed E-state index contributed by atoms with van der Waals surface area (Å²) in [6.45, 7) is 7.73. The second-order valence-corrected chi connectivity index (χ2v) is 9.28. The van der Waals surface area contributed by atoms with Gasteiger partial charge in [-0.25, -0.2) is 4.79 Å². The van der Waals surface area contributed by atoms with Crippen molar-refractivity contribution in [2.75, 3.05) is 43.9 Å². The van der Waals surface area contributed by atoms with E-state index < -0.39 is 5.60 Å². The van der Waals surface area contributed by atoms with Gasteiger partial charge in [0.25, 0.3) is 0 Å². The van der Waals surface area contributed by atoms with Crippen molar-refractivity contribution in [3.63, 3.8) is 0 Å². The zero-order chi connectivity index (χ0) is 21.2. The SMILES string of the molecule is CSc1ccc(N2CC(C(=O)N3CCN(C(=O)OC(C)(C)C)CC3)CC2=O)cc1. The summed E-state index contributed by atoms with van der Waals surface area (Å²) < 4.78 is 5.40. The second kappa shape index (κ2) is 8.65. The van der Waals surface area contributed by atoms with Gasteiger partial charge in [0.15, 0.2) is 0 Å². The summed E-state index contributed by atoms with van der Waals surface area (Å²) in [7, 11) is 0. The van der Waals surface area contributed by atoms with Gasteiger partial charge in [-0.15, -0.1) is 11.8 Å². The molecule has 2 aliphatic rings. The molecular formula is C21H29N3O4S. The Morgan fingerprint density at radius 2 is 1.62 bits per heavy atom. The topological polar surface area (TPSA) is 70.2 Å². The van der Waals surface area contributed by atoms with E-state index in [9.17, 15) is 14.4 Å². The molecule has 2 fully saturated rings. The van der Waals surface area contributed by atoms with Crippen LogP contribution in [-0.4, -0.2) is 72.3 Å². The van der Waals surface area contributed by atoms with Gasteiger partial charge >= 0.3 is 6.09 Å². The maximum absolute atomic E-state index is 12.9. The Morgan fingerprint density at radius 1 is 1.03 bits per heavy atom. The van der Waals surface area contributed by atoms with Gasteiger partial charge < -0.3 is 19.4 Å². The Labute approximate surface area is 176 Å². The monoisotopic (exact) mass is 419 g/mol. The predicted octanol–water partition coefficient (Wildman–Crippen LogP) is 2.84. The van der Waals surface area contributed by atoms with Crippen molar-refractivity contribution in [3.05, 3.63) is 24.3 Å². The van der Waals surface area contributed by atoms with Gasteiger partial charge in [-0.1, -0.05) is 0 Å². The third kappa shape index (κ3) is 5.23. The molecule has 2 aliphatic heterocycles. The zero-order valence-electron chi connectivity index (χ0n) is 17.5. The van der Waals surface area contributed by atoms with Gasteiger partial charge in [-0.2, -0.15) is 0 Å². The van der Waals surface area contributed by atoms with Crippen molar-refractivity contribution >= 4 is 35.4 Å². The van der Waals surface area contributed by atoms with E-state index in [2.05, 4.69) is 0 Å². The number of thioether (sulfide) groups is 1. The van der Waals surface area contributed by atoms with Gasteiger partial charge in [-0.05, 0) is 51.3 Å². The Bertz CT molecular complexity index is 767. The highest BCUT2D eigenvalue weighted by Crippen LogP contribution is 2.28. The summed E-state index contributed by atoms with van der Waals surface area (Å²) in [5, 5.41) is 0. The van der Waals surface area contributed by atoms with E-state index in [1.165, 1.54) is 0 Å². The van der Waals surface area contributed by atoms with Crippen molar-refractivity contribution < 1.29 is 19.1 Å². The summed E-state index contributed by atoms with van der Waals surface area (Å²) in [6, 6.07) is 7.82. The van der Waals surface area contributed by atoms with Crippen molar-refractivity contribution in [3.8, 4) is 0 Å². The van der Waals surface area contributed by atoms with Crippen molar-refractivity contribution in [2.45, 2.75) is 37.7 Å². The minimum absolute atomic E-state index is 0.00887. The van der Waals surface area contributed by atoms with Crippen molar-refractivity contribution in [2.24, 2.45) is 5.92 Å². The fourth-order valence-electron chi connectivity index (χ4n) is 3.58. The molecule has 3 rings (SSSR count). The molecule has 29 heavy (non-hydrogen) atoms. The van der Waals surface area contributed by atoms with E-state index >= 15 is 0 Å². The van der Waals surface area contributed by atoms with Gasteiger partial charge in [0.2, 0.25) is 11.8 Å². The predicted molar refractivity (Wildman–Crippen MR) is 113 cm³/mol. The van der Waals surface area contributed by atoms with Gasteiger partial charge in [0, 0.05) is 49.7 Å². The van der Waals surface area contributed by atoms with E-state index in [1.807, 2.05) is 51.3 Å². The molecule has 3 amide bonds. The molecule has 1 aromatic carbocycles. The first-order valence-corrected chi connectivity index (χ1v) is 11.1. The molecule has 2 heterocycles. The van der Waals surface area contributed by atoms with E-state index in [-0.39, 0.29) is 30.2 Å². The molecule has 1 unspecified atom stereocenters. The fourth-order valence-corrected chi connectivity index (χ4v) is 3.99. The number of rotatable bonds is 3. The van der Waals surface area contributed by atoms with Crippen LogP contribution >= 0.6 is 11.8 Å². The fraction of sp³-hybridized carbons (Fsp3) is 0.571. The minimum Gasteiger partial charge on any atom is -0.444 e. The lowest BCUT2D eigenvalue weighted by Crippen LogP contribution is -2.53. The molecule has 0 saturated carbocycles. The Kier molecular flexibility index (Phi) is 6.41. The molecular weight excluding hydrogens is 390 g/mol. The molecule has 158 valence electrons. The van der Waals surface area contributed by atoms with Crippen LogP contribution in [-0.2, 0) is 14.3 Å². The smallest absolute Gasteiger partial charge is 0.410 e. The highest BCUT2D eigenvalue weighted by atomic mass is 32.2. The lowest BCUT2D eigenvalue weighted by atomic mass is 10.1. The maximum Gasteiger partial charge on any atom is 0.410 e. The van der Waals surface area contributed by atoms with Gasteiger partial charge in [0.05, 0.1) is 5.92 Å². The maximum atomic E-state index is 12.9. The second-order valence-electron chi connectivity index (χ2n) is 8.40. The highest BCUT2D eigenvalue weighted by Gasteiger charge is 2.38. The van der Waals surface area contributed by atoms with E-state index in [4.69, 9.17) is 4.74 Å². The van der Waals surface area contributed by atoms with Crippen LogP contribution in [0, 0.1) is 5.92 Å². The van der Waals surface area contributed by atoms with Crippen LogP contribution in [0.1, 0.15) is 27.2 Å². The first-order chi connectivity index (χ1) is 13.7. The molecule has 2 saturated heterocycles. The Hall–Kier alpha value is -2.22. The first-order valence-electron chi connectivity index (χ1n) is 9.89. The average molecular weight is 420 g/mol. The molecule has 7 nitrogen and oxygen atoms in total. The number of benzene rings is 1. The molecule has 0 spiro atoms. The summed E-state index contributed by atoms with van der Waals surface area (Å²) in [5.41, 5.74) is 0.295. The largest absolute Gasteiger partial charge is 0.444 e. The van der Waals surface area contributed by atoms with Crippen LogP contribution in [0.25, 0.3) is 0 Å². The molecule has 0 aromatic heterocycles. The lowest BCUT2D eigenvalue weighted by Gasteiger charge is -2.36. The normalized spacial score (nSPS) is 20.2. The number of carbonyl (C=O) groups excluding carboxylic acids is 3. The van der Waals surface area contributed by atoms with Gasteiger partial charge in [0.1, 0.15) is 5.60 Å². The number of ether oxygens (including phenoxy) is 1. The number of amides is 3. The summed E-state index contributed by atoms with van der Waals surface area (Å²) in [6.07, 6.45) is 1.89. The number of nitrogens with zero attached hydrogens (tertiary/aromatic N) is 3. The molecule has 8 heteroatoms. The molecule has 1 aromatic rings. The first kappa shape index (κ1) is 21.5. The van der Waals surface area contributed by atoms with E-state index in [1.54, 1.807) is 26.5 Å². The molecule has 0 radical (unpaired) electrons. The van der Waals surface area contributed by atoms with Crippen molar-refractivity contribution in [1.29, 1.82) is 0 Å². The number of carbonyl (C=O) groups is 3. The summed E-state index contributed by atoms with van der Waals surface area (Å²) >= 11 is 1.65. The van der Waals surface area contributed by atoms with Crippen LogP contribution in [0.4, 0.5) is 10.5 Å². The van der Waals surface area contributed by atoms with Crippen molar-refractivity contribution in [1.82, 2.24) is 9.80 Å². The summed E-state index contributed by atoms with van der Waals surface area (Å²) in [4.78, 5) is 43.8. The van der Waals surface area contributed by atoms with Crippen LogP contribution in [0.2, 0.25) is 0 Å². The number of hydrogen-bond acceptors (Lipinski definition) is 5. The van der Waals surface area contributed by atoms with Crippen LogP contribution in [0.5, 0.6) is 0 Å². The Morgan fingerprint density at radius 3 is 2.17 bits per heavy atom. The number of piperazine rings is 1. The quantitative estimate of drug-likeness (QED) is 0.705. The van der Waals surface area contributed by atoms with Crippen LogP contribution < -0.4 is 4.90 Å². The third-order valence-corrected chi connectivity index (χ3v) is 5.84. The highest BCUT2D eigenvalue weighted by molar-refractivity contribution is 7.98. The van der Waals surface area contributed by atoms with Crippen LogP contribution in [0.3, 0.4) is 0 Å².